The van der Waals surface area contributed by atoms with E-state index in [2.05, 4.69) is 20.7 Å². The summed E-state index contributed by atoms with van der Waals surface area (Å²) in [4.78, 5) is 0. The Hall–Kier alpha value is -1.31. The van der Waals surface area contributed by atoms with Crippen molar-refractivity contribution in [3.05, 3.63) is 46.6 Å². The van der Waals surface area contributed by atoms with Crippen molar-refractivity contribution >= 4 is 31.6 Å². The molecule has 0 amide bonds. The average Bonchev–Trinajstić information content (AvgIpc) is 2.81. The average molecular weight is 332 g/mol. The van der Waals surface area contributed by atoms with Gasteiger partial charge in [-0.1, -0.05) is 15.9 Å². The van der Waals surface area contributed by atoms with Gasteiger partial charge in [0.25, 0.3) is 10.0 Å². The molecule has 0 saturated heterocycles. The summed E-state index contributed by atoms with van der Waals surface area (Å²) in [5, 5.41) is 8.60. The number of nitrogens with one attached hydrogen (secondary N) is 1. The fourth-order valence-corrected chi connectivity index (χ4v) is 2.59. The minimum atomic E-state index is -3.76. The van der Waals surface area contributed by atoms with Gasteiger partial charge in [0, 0.05) is 10.2 Å². The van der Waals surface area contributed by atoms with Crippen LogP contribution in [0.3, 0.4) is 0 Å². The van der Waals surface area contributed by atoms with Crippen LogP contribution in [0.25, 0.3) is 0 Å². The third-order valence-electron chi connectivity index (χ3n) is 2.15. The summed E-state index contributed by atoms with van der Waals surface area (Å²) in [6.07, 6.45) is 0. The second-order valence-corrected chi connectivity index (χ2v) is 6.02. The minimum absolute atomic E-state index is 0.200. The topological polar surface area (TPSA) is 79.5 Å². The van der Waals surface area contributed by atoms with Crippen LogP contribution in [0.1, 0.15) is 5.76 Å². The van der Waals surface area contributed by atoms with Gasteiger partial charge in [-0.3, -0.25) is 4.72 Å². The summed E-state index contributed by atoms with van der Waals surface area (Å²) in [7, 11) is -3.76. The molecule has 2 rings (SSSR count). The molecule has 0 unspecified atom stereocenters. The van der Waals surface area contributed by atoms with Gasteiger partial charge in [-0.25, -0.2) is 0 Å². The molecule has 5 nitrogen and oxygen atoms in total. The molecule has 0 saturated carbocycles. The maximum atomic E-state index is 11.9. The van der Waals surface area contributed by atoms with Crippen LogP contribution in [0.5, 0.6) is 0 Å². The van der Waals surface area contributed by atoms with Crippen molar-refractivity contribution < 1.29 is 17.9 Å². The lowest BCUT2D eigenvalue weighted by Gasteiger charge is -2.05. The molecule has 0 spiro atoms. The molecular weight excluding hydrogens is 322 g/mol. The van der Waals surface area contributed by atoms with Crippen molar-refractivity contribution in [3.63, 3.8) is 0 Å². The van der Waals surface area contributed by atoms with Gasteiger partial charge in [0.05, 0.1) is 0 Å². The fraction of sp³-hybridized carbons (Fsp3) is 0.0909. The largest absolute Gasteiger partial charge is 0.445 e. The van der Waals surface area contributed by atoms with Crippen molar-refractivity contribution in [2.75, 3.05) is 4.72 Å². The molecular formula is C11H10BrNO4S. The Kier molecular flexibility index (Phi) is 3.74. The molecule has 0 aliphatic carbocycles. The first-order valence-corrected chi connectivity index (χ1v) is 7.27. The molecule has 0 radical (unpaired) electrons. The zero-order chi connectivity index (χ0) is 13.2. The fourth-order valence-electron chi connectivity index (χ4n) is 1.31. The Morgan fingerprint density at radius 3 is 2.39 bits per heavy atom. The van der Waals surface area contributed by atoms with Crippen LogP contribution in [0.2, 0.25) is 0 Å². The van der Waals surface area contributed by atoms with Crippen molar-refractivity contribution in [2.45, 2.75) is 11.7 Å². The second-order valence-electron chi connectivity index (χ2n) is 3.49. The van der Waals surface area contributed by atoms with Gasteiger partial charge >= 0.3 is 0 Å². The van der Waals surface area contributed by atoms with Crippen LogP contribution in [-0.2, 0) is 16.6 Å². The first-order chi connectivity index (χ1) is 8.51. The quantitative estimate of drug-likeness (QED) is 0.901. The van der Waals surface area contributed by atoms with Gasteiger partial charge < -0.3 is 9.52 Å². The van der Waals surface area contributed by atoms with E-state index < -0.39 is 10.0 Å². The van der Waals surface area contributed by atoms with Crippen molar-refractivity contribution in [1.82, 2.24) is 0 Å². The molecule has 96 valence electrons. The lowest BCUT2D eigenvalue weighted by molar-refractivity contribution is 0.236. The molecule has 0 fully saturated rings. The summed E-state index contributed by atoms with van der Waals surface area (Å²) in [5.74, 6) is 0.200. The number of furan rings is 1. The van der Waals surface area contributed by atoms with Crippen LogP contribution in [0.4, 0.5) is 5.69 Å². The van der Waals surface area contributed by atoms with E-state index in [9.17, 15) is 8.42 Å². The highest BCUT2D eigenvalue weighted by Gasteiger charge is 2.18. The van der Waals surface area contributed by atoms with Gasteiger partial charge in [0.1, 0.15) is 12.4 Å². The van der Waals surface area contributed by atoms with E-state index in [1.807, 2.05) is 0 Å². The summed E-state index contributed by atoms with van der Waals surface area (Å²) >= 11 is 3.26. The number of hydrogen-bond donors (Lipinski definition) is 2. The number of sulfonamides is 1. The van der Waals surface area contributed by atoms with Crippen molar-refractivity contribution in [2.24, 2.45) is 0 Å². The lowest BCUT2D eigenvalue weighted by atomic mass is 10.3. The normalized spacial score (nSPS) is 11.4. The van der Waals surface area contributed by atoms with Gasteiger partial charge in [-0.15, -0.1) is 0 Å². The third kappa shape index (κ3) is 2.92. The predicted octanol–water partition coefficient (Wildman–Crippen LogP) is 2.34. The number of benzene rings is 1. The smallest absolute Gasteiger partial charge is 0.295 e. The molecule has 1 aromatic carbocycles. The Labute approximate surface area is 113 Å². The maximum absolute atomic E-state index is 11.9. The highest BCUT2D eigenvalue weighted by molar-refractivity contribution is 9.10. The summed E-state index contributed by atoms with van der Waals surface area (Å²) in [5.41, 5.74) is 0.431. The monoisotopic (exact) mass is 331 g/mol. The zero-order valence-corrected chi connectivity index (χ0v) is 11.5. The summed E-state index contributed by atoms with van der Waals surface area (Å²) in [6.45, 7) is -0.339. The molecule has 7 heteroatoms. The number of hydrogen-bond acceptors (Lipinski definition) is 4. The molecule has 18 heavy (non-hydrogen) atoms. The molecule has 2 aromatic rings. The number of rotatable bonds is 4. The van der Waals surface area contributed by atoms with E-state index in [0.717, 1.165) is 4.47 Å². The van der Waals surface area contributed by atoms with Gasteiger partial charge in [0.15, 0.2) is 0 Å². The van der Waals surface area contributed by atoms with Gasteiger partial charge in [-0.2, -0.15) is 8.42 Å². The first-order valence-electron chi connectivity index (χ1n) is 4.99. The Morgan fingerprint density at radius 2 is 1.83 bits per heavy atom. The Morgan fingerprint density at radius 1 is 1.17 bits per heavy atom. The van der Waals surface area contributed by atoms with Crippen LogP contribution in [0.15, 0.2) is 50.4 Å². The van der Waals surface area contributed by atoms with E-state index in [4.69, 9.17) is 9.52 Å². The molecule has 0 aliphatic heterocycles. The Balaban J connectivity index is 2.24. The molecule has 0 aliphatic rings. The van der Waals surface area contributed by atoms with Gasteiger partial charge in [-0.05, 0) is 36.4 Å². The molecule has 0 atom stereocenters. The van der Waals surface area contributed by atoms with E-state index in [1.165, 1.54) is 12.1 Å². The third-order valence-corrected chi connectivity index (χ3v) is 3.94. The highest BCUT2D eigenvalue weighted by Crippen LogP contribution is 2.20. The highest BCUT2D eigenvalue weighted by atomic mass is 79.9. The van der Waals surface area contributed by atoms with Gasteiger partial charge in [0.2, 0.25) is 5.09 Å². The van der Waals surface area contributed by atoms with E-state index in [0.29, 0.717) is 5.69 Å². The van der Waals surface area contributed by atoms with Crippen LogP contribution in [-0.4, -0.2) is 13.5 Å². The number of aliphatic hydroxyl groups is 1. The molecule has 1 aromatic heterocycles. The predicted molar refractivity (Wildman–Crippen MR) is 69.6 cm³/mol. The van der Waals surface area contributed by atoms with Crippen LogP contribution < -0.4 is 4.72 Å². The SMILES string of the molecule is O=S(=O)(Nc1ccc(Br)cc1)c1ccc(CO)o1. The van der Waals surface area contributed by atoms with Crippen LogP contribution >= 0.6 is 15.9 Å². The lowest BCUT2D eigenvalue weighted by Crippen LogP contribution is -2.11. The number of halogens is 1. The molecule has 2 N–H and O–H groups in total. The second kappa shape index (κ2) is 5.13. The molecule has 0 bridgehead atoms. The minimum Gasteiger partial charge on any atom is -0.445 e. The van der Waals surface area contributed by atoms with Crippen LogP contribution in [0, 0.1) is 0 Å². The maximum Gasteiger partial charge on any atom is 0.295 e. The standard InChI is InChI=1S/C11H10BrNO4S/c12-8-1-3-9(4-2-8)13-18(15,16)11-6-5-10(7-14)17-11/h1-6,13-14H,7H2. The zero-order valence-electron chi connectivity index (χ0n) is 9.13. The molecule has 1 heterocycles. The summed E-state index contributed by atoms with van der Waals surface area (Å²) in [6, 6.07) is 9.40. The summed E-state index contributed by atoms with van der Waals surface area (Å²) < 4.78 is 32.0. The number of anilines is 1. The van der Waals surface area contributed by atoms with Crippen molar-refractivity contribution in [1.29, 1.82) is 0 Å². The number of aliphatic hydroxyl groups excluding tert-OH is 1. The first kappa shape index (κ1) is 13.1. The Bertz CT molecular complexity index is 633. The van der Waals surface area contributed by atoms with E-state index in [-0.39, 0.29) is 17.5 Å². The van der Waals surface area contributed by atoms with E-state index >= 15 is 0 Å². The van der Waals surface area contributed by atoms with Crippen molar-refractivity contribution in [3.8, 4) is 0 Å². The van der Waals surface area contributed by atoms with E-state index in [1.54, 1.807) is 24.3 Å².